The van der Waals surface area contributed by atoms with Crippen molar-refractivity contribution >= 4 is 45.6 Å². The fraction of sp³-hybridized carbons (Fsp3) is 0.189. The van der Waals surface area contributed by atoms with Crippen LogP contribution in [0.15, 0.2) is 376 Å². The summed E-state index contributed by atoms with van der Waals surface area (Å²) in [6.45, 7) is 43.6. The smallest absolute Gasteiger partial charge is 0.0656 e. The topological polar surface area (TPSA) is 0 Å². The Morgan fingerprint density at radius 1 is 0.196 bits per heavy atom. The van der Waals surface area contributed by atoms with Crippen molar-refractivity contribution in [1.29, 1.82) is 0 Å². The normalized spacial score (nSPS) is 10.3. The van der Waals surface area contributed by atoms with E-state index in [0.29, 0.717) is 0 Å². The Morgan fingerprint density at radius 3 is 1.02 bits per heavy atom. The predicted octanol–water partition coefficient (Wildman–Crippen LogP) is 31.5. The molecule has 0 unspecified atom stereocenters. The van der Waals surface area contributed by atoms with Gasteiger partial charge in [0, 0.05) is 0 Å². The average Bonchev–Trinajstić information content (AvgIpc) is 0.792. The van der Waals surface area contributed by atoms with Gasteiger partial charge in [0.1, 0.15) is 0 Å². The van der Waals surface area contributed by atoms with Crippen LogP contribution in [-0.4, -0.2) is 8.07 Å². The zero-order chi connectivity index (χ0) is 81.0. The lowest BCUT2D eigenvalue weighted by molar-refractivity contribution is 0.590. The summed E-state index contributed by atoms with van der Waals surface area (Å²) in [5.41, 5.74) is 28.4. The summed E-state index contributed by atoms with van der Waals surface area (Å²) in [5.74, 6) is 0. The fourth-order valence-corrected chi connectivity index (χ4v) is 13.6. The molecule has 0 aliphatic heterocycles. The van der Waals surface area contributed by atoms with Crippen LogP contribution in [0.4, 0.5) is 0 Å². The van der Waals surface area contributed by atoms with Gasteiger partial charge in [-0.3, -0.25) is 0 Å². The SMILES string of the molecule is Cc1cc(C)c(C)c(C)c1.Cc1ccc(-c2ccccc2)c2ccccc12.Cc1ccc(-c2ccccc2)cc1.Cc1ccc(C(C)(C)C)cc1.Cc1ccc(C)cc1.Cc1ccc([Si](C)(C)C)cc1.Cc1ccc2ccccc2c1.Cc1cccc2ccccc12.Cc1ccccc1.Cc1ccccc1-c1ccccc1. The standard InChI is InChI=1S/C17H14.2C13H12.2C11H10.C11H16.C10H16Si.C10H14.C8H10.C7H8/c1-13-11-12-16(14-7-3-2-4-8-14)17-10-6-5-9-15(13)17;1-11-7-5-6-10-13(11)12-8-3-2-4-9-12;1-11-7-9-13(10-8-11)12-5-3-2-4-6-12;1-9-5-4-7-10-6-2-3-8-11(9)10;1-9-6-7-10-4-2-3-5-11(10)8-9;2*1-9-5-7-10(8-6-9)11(2,3)4;1-7-5-8(2)10(4)9(3)6-7;1-7-3-5-8(2)6-4-7;1-7-5-3-2-4-6-7/h2-12H,1H3;2*2-10H,1H3;2*2-8H,1H3;2*5-8H,1-4H3;5-6H,1-4H3;3-6H,1-2H3;2-6H,1H3. The lowest BCUT2D eigenvalue weighted by Gasteiger charge is -2.18. The van der Waals surface area contributed by atoms with E-state index in [4.69, 9.17) is 0 Å². The minimum atomic E-state index is -1.06. The quantitative estimate of drug-likeness (QED) is 0.154. The van der Waals surface area contributed by atoms with E-state index in [2.05, 4.69) is 483 Å². The van der Waals surface area contributed by atoms with Crippen LogP contribution in [0, 0.1) is 96.9 Å². The Hall–Kier alpha value is -11.5. The van der Waals surface area contributed by atoms with Crippen molar-refractivity contribution in [2.45, 2.75) is 143 Å². The fourth-order valence-electron chi connectivity index (χ4n) is 12.4. The number of fused-ring (bicyclic) bond motifs is 3. The minimum absolute atomic E-state index is 0.285. The van der Waals surface area contributed by atoms with E-state index in [0.717, 1.165) is 0 Å². The molecular formula is C111H122Si. The summed E-state index contributed by atoms with van der Waals surface area (Å²) >= 11 is 0. The molecule has 0 atom stereocenters. The van der Waals surface area contributed by atoms with Crippen LogP contribution < -0.4 is 5.19 Å². The average molecular weight is 1480 g/mol. The van der Waals surface area contributed by atoms with E-state index in [1.54, 1.807) is 5.19 Å². The summed E-state index contributed by atoms with van der Waals surface area (Å²) in [5, 5.41) is 9.55. The van der Waals surface area contributed by atoms with Gasteiger partial charge in [0.2, 0.25) is 0 Å². The number of hydrogen-bond acceptors (Lipinski definition) is 0. The molecule has 570 valence electrons. The number of benzene rings is 16. The summed E-state index contributed by atoms with van der Waals surface area (Å²) in [6, 6.07) is 132. The molecule has 0 radical (unpaired) electrons. The third-order valence-corrected chi connectivity index (χ3v) is 21.7. The Balaban J connectivity index is 0.000000174. The van der Waals surface area contributed by atoms with Crippen LogP contribution in [0.25, 0.3) is 65.7 Å². The van der Waals surface area contributed by atoms with Gasteiger partial charge >= 0.3 is 0 Å². The van der Waals surface area contributed by atoms with Gasteiger partial charge in [0.15, 0.2) is 0 Å². The molecule has 0 aliphatic carbocycles. The maximum absolute atomic E-state index is 2.37. The highest BCUT2D eigenvalue weighted by Gasteiger charge is 2.15. The van der Waals surface area contributed by atoms with E-state index in [-0.39, 0.29) is 5.41 Å². The zero-order valence-electron chi connectivity index (χ0n) is 70.8. The van der Waals surface area contributed by atoms with Crippen LogP contribution in [0.1, 0.15) is 104 Å². The molecule has 1 heteroatoms. The first-order valence-corrected chi connectivity index (χ1v) is 43.0. The molecule has 0 amide bonds. The summed E-state index contributed by atoms with van der Waals surface area (Å²) < 4.78 is 0. The Kier molecular flexibility index (Phi) is 35.2. The molecule has 0 fully saturated rings. The monoisotopic (exact) mass is 1480 g/mol. The molecule has 16 rings (SSSR count). The Labute approximate surface area is 676 Å². The van der Waals surface area contributed by atoms with E-state index in [9.17, 15) is 0 Å². The molecule has 0 bridgehead atoms. The summed E-state index contributed by atoms with van der Waals surface area (Å²) in [6.07, 6.45) is 0. The minimum Gasteiger partial charge on any atom is -0.0656 e. The molecule has 0 aromatic heterocycles. The van der Waals surface area contributed by atoms with Crippen LogP contribution in [0.2, 0.25) is 19.6 Å². The highest BCUT2D eigenvalue weighted by Crippen LogP contribution is 2.31. The number of rotatable bonds is 4. The molecule has 0 spiro atoms. The highest BCUT2D eigenvalue weighted by molar-refractivity contribution is 6.88. The second-order valence-electron chi connectivity index (χ2n) is 31.5. The Morgan fingerprint density at radius 2 is 0.545 bits per heavy atom. The predicted molar refractivity (Wildman–Crippen MR) is 501 cm³/mol. The largest absolute Gasteiger partial charge is 0.0775 e. The molecule has 0 heterocycles. The van der Waals surface area contributed by atoms with Crippen molar-refractivity contribution in [2.75, 3.05) is 0 Å². The van der Waals surface area contributed by atoms with Gasteiger partial charge < -0.3 is 0 Å². The number of hydrogen-bond donors (Lipinski definition) is 0. The van der Waals surface area contributed by atoms with Crippen molar-refractivity contribution < 1.29 is 0 Å². The van der Waals surface area contributed by atoms with Gasteiger partial charge in [-0.1, -0.05) is 466 Å². The van der Waals surface area contributed by atoms with Crippen molar-refractivity contribution in [3.8, 4) is 33.4 Å². The van der Waals surface area contributed by atoms with Crippen LogP contribution in [0.3, 0.4) is 0 Å². The van der Waals surface area contributed by atoms with E-state index in [1.807, 2.05) is 30.3 Å². The molecule has 112 heavy (non-hydrogen) atoms. The van der Waals surface area contributed by atoms with Crippen LogP contribution >= 0.6 is 0 Å². The van der Waals surface area contributed by atoms with Gasteiger partial charge in [-0.2, -0.15) is 0 Å². The molecule has 16 aromatic rings. The molecule has 0 nitrogen and oxygen atoms in total. The number of aryl methyl sites for hydroxylation is 13. The molecule has 0 saturated heterocycles. The van der Waals surface area contributed by atoms with Crippen LogP contribution in [-0.2, 0) is 5.41 Å². The summed E-state index contributed by atoms with van der Waals surface area (Å²) in [4.78, 5) is 0. The lowest BCUT2D eigenvalue weighted by Crippen LogP contribution is -2.37. The van der Waals surface area contributed by atoms with Crippen molar-refractivity contribution in [3.63, 3.8) is 0 Å². The first-order chi connectivity index (χ1) is 53.6. The van der Waals surface area contributed by atoms with Crippen molar-refractivity contribution in [2.24, 2.45) is 0 Å². The third-order valence-electron chi connectivity index (χ3n) is 19.6. The first-order valence-electron chi connectivity index (χ1n) is 39.5. The van der Waals surface area contributed by atoms with Crippen LogP contribution in [0.5, 0.6) is 0 Å². The first kappa shape index (κ1) is 87.7. The Bertz CT molecular complexity index is 5260. The van der Waals surface area contributed by atoms with Crippen molar-refractivity contribution in [3.05, 3.63) is 460 Å². The van der Waals surface area contributed by atoms with Crippen molar-refractivity contribution in [1.82, 2.24) is 0 Å². The maximum atomic E-state index is 2.37. The highest BCUT2D eigenvalue weighted by atomic mass is 28.3. The van der Waals surface area contributed by atoms with Gasteiger partial charge in [-0.25, -0.2) is 0 Å². The molecule has 0 saturated carbocycles. The van der Waals surface area contributed by atoms with E-state index < -0.39 is 8.07 Å². The molecule has 16 aromatic carbocycles. The van der Waals surface area contributed by atoms with Gasteiger partial charge in [-0.15, -0.1) is 0 Å². The third kappa shape index (κ3) is 30.1. The van der Waals surface area contributed by atoms with Gasteiger partial charge in [0.25, 0.3) is 0 Å². The maximum Gasteiger partial charge on any atom is 0.0775 e. The zero-order valence-corrected chi connectivity index (χ0v) is 71.8. The lowest BCUT2D eigenvalue weighted by atomic mass is 9.87. The van der Waals surface area contributed by atoms with E-state index >= 15 is 0 Å². The van der Waals surface area contributed by atoms with E-state index in [1.165, 1.54) is 149 Å². The van der Waals surface area contributed by atoms with Gasteiger partial charge in [-0.05, 0) is 207 Å². The second-order valence-corrected chi connectivity index (χ2v) is 36.5. The summed E-state index contributed by atoms with van der Waals surface area (Å²) in [7, 11) is -1.06. The van der Waals surface area contributed by atoms with Gasteiger partial charge in [0.05, 0.1) is 8.07 Å². The molecule has 0 aliphatic rings. The molecule has 0 N–H and O–H groups in total. The second kappa shape index (κ2) is 45.0. The molecular weight excluding hydrogens is 1360 g/mol.